The number of rotatable bonds is 3. The topological polar surface area (TPSA) is 70.6 Å². The fraction of sp³-hybridized carbons (Fsp3) is 0.762. The molecule has 1 saturated carbocycles. The van der Waals surface area contributed by atoms with Gasteiger partial charge in [-0.15, -0.1) is 0 Å². The van der Waals surface area contributed by atoms with Crippen molar-refractivity contribution in [3.8, 4) is 0 Å². The Bertz CT molecular complexity index is 742. The summed E-state index contributed by atoms with van der Waals surface area (Å²) in [5, 5.41) is 3.30. The lowest BCUT2D eigenvalue weighted by Gasteiger charge is -2.55. The molecule has 1 aliphatic carbocycles. The van der Waals surface area contributed by atoms with Crippen LogP contribution in [0.2, 0.25) is 0 Å². The van der Waals surface area contributed by atoms with Crippen LogP contribution in [0.25, 0.3) is 0 Å². The Morgan fingerprint density at radius 1 is 1.25 bits per heavy atom. The van der Waals surface area contributed by atoms with Gasteiger partial charge in [-0.25, -0.2) is 14.8 Å². The molecule has 7 heteroatoms. The summed E-state index contributed by atoms with van der Waals surface area (Å²) >= 11 is 0. The predicted octanol–water partition coefficient (Wildman–Crippen LogP) is 2.55. The molecule has 2 amide bonds. The molecule has 0 spiro atoms. The first-order valence-electron chi connectivity index (χ1n) is 10.5. The molecule has 0 radical (unpaired) electrons. The largest absolute Gasteiger partial charge is 0.377 e. The zero-order chi connectivity index (χ0) is 20.1. The molecule has 0 bridgehead atoms. The number of nitrogens with one attached hydrogen (secondary N) is 1. The van der Waals surface area contributed by atoms with Gasteiger partial charge in [0.1, 0.15) is 11.6 Å². The summed E-state index contributed by atoms with van der Waals surface area (Å²) < 4.78 is 5.84. The number of carbonyl (C=O) groups excluding carboxylic acids is 1. The number of fused-ring (bicyclic) bond motifs is 1. The van der Waals surface area contributed by atoms with Crippen LogP contribution in [0.3, 0.4) is 0 Å². The van der Waals surface area contributed by atoms with Crippen molar-refractivity contribution in [1.29, 1.82) is 0 Å². The third kappa shape index (κ3) is 3.34. The van der Waals surface area contributed by atoms with E-state index in [0.717, 1.165) is 43.5 Å². The second kappa shape index (κ2) is 7.17. The maximum absolute atomic E-state index is 12.8. The van der Waals surface area contributed by atoms with Gasteiger partial charge in [0.2, 0.25) is 0 Å². The fourth-order valence-electron chi connectivity index (χ4n) is 4.97. The Kier molecular flexibility index (Phi) is 4.98. The minimum atomic E-state index is 0.0182. The van der Waals surface area contributed by atoms with Gasteiger partial charge in [0.15, 0.2) is 0 Å². The van der Waals surface area contributed by atoms with Crippen molar-refractivity contribution in [2.45, 2.75) is 59.1 Å². The van der Waals surface area contributed by atoms with Crippen molar-refractivity contribution in [1.82, 2.24) is 20.2 Å². The average Bonchev–Trinajstić information content (AvgIpc) is 3.13. The maximum Gasteiger partial charge on any atom is 0.317 e. The van der Waals surface area contributed by atoms with Gasteiger partial charge in [-0.1, -0.05) is 27.7 Å². The van der Waals surface area contributed by atoms with E-state index in [1.54, 1.807) is 0 Å². The minimum absolute atomic E-state index is 0.0182. The molecule has 3 fully saturated rings. The number of amides is 2. The molecule has 3 aliphatic rings. The van der Waals surface area contributed by atoms with Crippen LogP contribution in [0.1, 0.15) is 51.6 Å². The van der Waals surface area contributed by atoms with Crippen molar-refractivity contribution in [2.75, 3.05) is 37.7 Å². The molecule has 2 saturated heterocycles. The first-order chi connectivity index (χ1) is 13.3. The molecule has 0 aromatic carbocycles. The van der Waals surface area contributed by atoms with E-state index < -0.39 is 0 Å². The highest BCUT2D eigenvalue weighted by molar-refractivity contribution is 5.75. The second-order valence-corrected chi connectivity index (χ2v) is 9.35. The SMILES string of the molecule is Cc1cc(N2CCN(C(=O)N[C@@H]3[C@H]4CCO[C@@H]4C3(C)C)CC2)nc(C(C)C)n1. The number of urea groups is 1. The van der Waals surface area contributed by atoms with Gasteiger partial charge in [-0.2, -0.15) is 0 Å². The van der Waals surface area contributed by atoms with Crippen molar-refractivity contribution in [3.05, 3.63) is 17.6 Å². The van der Waals surface area contributed by atoms with E-state index >= 15 is 0 Å². The molecule has 1 N–H and O–H groups in total. The van der Waals surface area contributed by atoms with Gasteiger partial charge in [0.05, 0.1) is 6.10 Å². The van der Waals surface area contributed by atoms with Crippen LogP contribution >= 0.6 is 0 Å². The van der Waals surface area contributed by atoms with Crippen molar-refractivity contribution in [2.24, 2.45) is 11.3 Å². The molecule has 1 aromatic heterocycles. The van der Waals surface area contributed by atoms with Crippen LogP contribution in [0.15, 0.2) is 6.07 Å². The molecule has 4 rings (SSSR count). The van der Waals surface area contributed by atoms with Crippen LogP contribution in [-0.4, -0.2) is 65.8 Å². The van der Waals surface area contributed by atoms with Gasteiger partial charge < -0.3 is 19.9 Å². The number of nitrogens with zero attached hydrogens (tertiary/aromatic N) is 4. The number of hydrogen-bond acceptors (Lipinski definition) is 5. The van der Waals surface area contributed by atoms with Crippen molar-refractivity contribution < 1.29 is 9.53 Å². The average molecular weight is 388 g/mol. The first-order valence-corrected chi connectivity index (χ1v) is 10.5. The van der Waals surface area contributed by atoms with Crippen LogP contribution in [0.5, 0.6) is 0 Å². The number of aryl methyl sites for hydroxylation is 1. The molecule has 0 unspecified atom stereocenters. The molecule has 1 aromatic rings. The molecule has 28 heavy (non-hydrogen) atoms. The van der Waals surface area contributed by atoms with Crippen LogP contribution in [-0.2, 0) is 4.74 Å². The summed E-state index contributed by atoms with van der Waals surface area (Å²) in [6, 6.07) is 2.31. The highest BCUT2D eigenvalue weighted by atomic mass is 16.5. The van der Waals surface area contributed by atoms with Crippen molar-refractivity contribution >= 4 is 11.8 Å². The fourth-order valence-corrected chi connectivity index (χ4v) is 4.97. The number of ether oxygens (including phenoxy) is 1. The van der Waals surface area contributed by atoms with E-state index in [1.165, 1.54) is 0 Å². The Morgan fingerprint density at radius 3 is 2.64 bits per heavy atom. The zero-order valence-corrected chi connectivity index (χ0v) is 17.7. The Balaban J connectivity index is 1.35. The maximum atomic E-state index is 12.8. The summed E-state index contributed by atoms with van der Waals surface area (Å²) in [4.78, 5) is 26.3. The van der Waals surface area contributed by atoms with Gasteiger partial charge in [-0.05, 0) is 13.3 Å². The van der Waals surface area contributed by atoms with Crippen molar-refractivity contribution in [3.63, 3.8) is 0 Å². The smallest absolute Gasteiger partial charge is 0.317 e. The molecular formula is C21H33N5O2. The number of piperazine rings is 1. The summed E-state index contributed by atoms with van der Waals surface area (Å²) in [6.07, 6.45) is 1.35. The molecule has 3 atom stereocenters. The molecule has 3 heterocycles. The lowest BCUT2D eigenvalue weighted by atomic mass is 9.57. The minimum Gasteiger partial charge on any atom is -0.377 e. The van der Waals surface area contributed by atoms with Gasteiger partial charge in [0.25, 0.3) is 0 Å². The molecule has 2 aliphatic heterocycles. The number of carbonyl (C=O) groups is 1. The third-order valence-corrected chi connectivity index (χ3v) is 6.64. The van der Waals surface area contributed by atoms with Gasteiger partial charge in [-0.3, -0.25) is 0 Å². The summed E-state index contributed by atoms with van der Waals surface area (Å²) in [7, 11) is 0. The molecule has 154 valence electrons. The summed E-state index contributed by atoms with van der Waals surface area (Å²) in [6.45, 7) is 14.5. The lowest BCUT2D eigenvalue weighted by Crippen LogP contribution is -2.68. The predicted molar refractivity (Wildman–Crippen MR) is 109 cm³/mol. The van der Waals surface area contributed by atoms with E-state index in [0.29, 0.717) is 31.0 Å². The zero-order valence-electron chi connectivity index (χ0n) is 17.7. The van der Waals surface area contributed by atoms with Crippen LogP contribution < -0.4 is 10.2 Å². The third-order valence-electron chi connectivity index (χ3n) is 6.64. The lowest BCUT2D eigenvalue weighted by molar-refractivity contribution is -0.109. The number of aromatic nitrogens is 2. The van der Waals surface area contributed by atoms with E-state index in [1.807, 2.05) is 17.9 Å². The van der Waals surface area contributed by atoms with E-state index in [4.69, 9.17) is 9.72 Å². The van der Waals surface area contributed by atoms with E-state index in [2.05, 4.69) is 42.9 Å². The first kappa shape index (κ1) is 19.4. The quantitative estimate of drug-likeness (QED) is 0.863. The van der Waals surface area contributed by atoms with Gasteiger partial charge in [0, 0.05) is 67.8 Å². The highest BCUT2D eigenvalue weighted by Crippen LogP contribution is 2.52. The Hall–Kier alpha value is -1.89. The standard InChI is InChI=1S/C21H33N5O2/c1-13(2)19-22-14(3)12-16(23-19)25-7-9-26(10-8-25)20(27)24-17-15-6-11-28-18(15)21(17,4)5/h12-13,15,17-18H,6-11H2,1-5H3,(H,24,27)/t15-,17-,18+/m1/s1. The molecular weight excluding hydrogens is 354 g/mol. The Labute approximate surface area is 167 Å². The van der Waals surface area contributed by atoms with Crippen LogP contribution in [0.4, 0.5) is 10.6 Å². The Morgan fingerprint density at radius 2 is 1.96 bits per heavy atom. The number of hydrogen-bond donors (Lipinski definition) is 1. The van der Waals surface area contributed by atoms with E-state index in [9.17, 15) is 4.79 Å². The summed E-state index contributed by atoms with van der Waals surface area (Å²) in [5.41, 5.74) is 1.01. The van der Waals surface area contributed by atoms with Gasteiger partial charge >= 0.3 is 6.03 Å². The highest BCUT2D eigenvalue weighted by Gasteiger charge is 2.60. The second-order valence-electron chi connectivity index (χ2n) is 9.35. The summed E-state index contributed by atoms with van der Waals surface area (Å²) in [5.74, 6) is 2.64. The van der Waals surface area contributed by atoms with E-state index in [-0.39, 0.29) is 17.5 Å². The van der Waals surface area contributed by atoms with Crippen LogP contribution in [0, 0.1) is 18.3 Å². The number of anilines is 1. The molecule has 7 nitrogen and oxygen atoms in total. The normalized spacial score (nSPS) is 28.9. The monoisotopic (exact) mass is 387 g/mol.